The van der Waals surface area contributed by atoms with Crippen LogP contribution in [0.4, 0.5) is 0 Å². The average Bonchev–Trinajstić information content (AvgIpc) is 2.52. The Morgan fingerprint density at radius 3 is 3.00 bits per heavy atom. The Hall–Kier alpha value is -1.32. The van der Waals surface area contributed by atoms with Crippen molar-refractivity contribution in [2.75, 3.05) is 6.54 Å². The van der Waals surface area contributed by atoms with Gasteiger partial charge in [-0.25, -0.2) is 4.98 Å². The Kier molecular flexibility index (Phi) is 3.49. The Balaban J connectivity index is 2.45. The molecule has 1 amide bonds. The molecule has 0 saturated carbocycles. The molecule has 0 aliphatic carbocycles. The van der Waals surface area contributed by atoms with Gasteiger partial charge in [0.25, 0.3) is 5.91 Å². The molecular formula is C9H15N3O. The predicted octanol–water partition coefficient (Wildman–Crippen LogP) is 1.25. The Labute approximate surface area is 77.8 Å². The van der Waals surface area contributed by atoms with Crippen LogP contribution in [0.1, 0.15) is 35.9 Å². The van der Waals surface area contributed by atoms with E-state index < -0.39 is 0 Å². The Morgan fingerprint density at radius 1 is 1.69 bits per heavy atom. The second-order valence-corrected chi connectivity index (χ2v) is 2.97. The molecule has 0 saturated heterocycles. The lowest BCUT2D eigenvalue weighted by Crippen LogP contribution is -2.25. The van der Waals surface area contributed by atoms with Crippen molar-refractivity contribution in [2.24, 2.45) is 0 Å². The van der Waals surface area contributed by atoms with Crippen LogP contribution in [0.25, 0.3) is 0 Å². The maximum Gasteiger partial charge on any atom is 0.269 e. The summed E-state index contributed by atoms with van der Waals surface area (Å²) < 4.78 is 0. The maximum absolute atomic E-state index is 11.4. The normalized spacial score (nSPS) is 10.0. The summed E-state index contributed by atoms with van der Waals surface area (Å²) in [6.07, 6.45) is 3.63. The minimum Gasteiger partial charge on any atom is -0.351 e. The molecule has 0 bridgehead atoms. The largest absolute Gasteiger partial charge is 0.351 e. The van der Waals surface area contributed by atoms with Crippen LogP contribution in [-0.4, -0.2) is 22.4 Å². The van der Waals surface area contributed by atoms with Gasteiger partial charge in [0.1, 0.15) is 5.69 Å². The topological polar surface area (TPSA) is 57.8 Å². The molecule has 0 radical (unpaired) electrons. The molecule has 13 heavy (non-hydrogen) atoms. The van der Waals surface area contributed by atoms with Crippen LogP contribution in [0, 0.1) is 6.92 Å². The lowest BCUT2D eigenvalue weighted by molar-refractivity contribution is 0.0948. The first-order valence-corrected chi connectivity index (χ1v) is 4.54. The molecule has 1 aromatic rings. The molecule has 72 valence electrons. The highest BCUT2D eigenvalue weighted by molar-refractivity contribution is 5.93. The lowest BCUT2D eigenvalue weighted by atomic mass is 10.3. The van der Waals surface area contributed by atoms with Crippen LogP contribution >= 0.6 is 0 Å². The minimum absolute atomic E-state index is 0.0662. The van der Waals surface area contributed by atoms with Gasteiger partial charge in [-0.2, -0.15) is 0 Å². The molecule has 1 rings (SSSR count). The quantitative estimate of drug-likeness (QED) is 0.687. The van der Waals surface area contributed by atoms with Crippen LogP contribution in [0.3, 0.4) is 0 Å². The fourth-order valence-electron chi connectivity index (χ4n) is 1.06. The van der Waals surface area contributed by atoms with E-state index in [1.165, 1.54) is 6.33 Å². The molecule has 0 spiro atoms. The molecule has 2 N–H and O–H groups in total. The first-order valence-electron chi connectivity index (χ1n) is 4.54. The molecule has 4 nitrogen and oxygen atoms in total. The number of H-pyrrole nitrogens is 1. The molecule has 0 aromatic carbocycles. The van der Waals surface area contributed by atoms with Gasteiger partial charge in [0.15, 0.2) is 0 Å². The second kappa shape index (κ2) is 4.64. The number of hydrogen-bond donors (Lipinski definition) is 2. The lowest BCUT2D eigenvalue weighted by Gasteiger charge is -2.01. The van der Waals surface area contributed by atoms with E-state index in [1.54, 1.807) is 0 Å². The summed E-state index contributed by atoms with van der Waals surface area (Å²) in [5.74, 6) is -0.0662. The molecular weight excluding hydrogens is 166 g/mol. The van der Waals surface area contributed by atoms with Crippen molar-refractivity contribution in [2.45, 2.75) is 26.7 Å². The van der Waals surface area contributed by atoms with E-state index in [2.05, 4.69) is 22.2 Å². The first kappa shape index (κ1) is 9.77. The van der Waals surface area contributed by atoms with Gasteiger partial charge in [-0.05, 0) is 13.3 Å². The van der Waals surface area contributed by atoms with Crippen LogP contribution < -0.4 is 5.32 Å². The van der Waals surface area contributed by atoms with E-state index in [1.807, 2.05) is 6.92 Å². The van der Waals surface area contributed by atoms with Crippen molar-refractivity contribution in [3.8, 4) is 0 Å². The van der Waals surface area contributed by atoms with E-state index in [4.69, 9.17) is 0 Å². The van der Waals surface area contributed by atoms with Crippen molar-refractivity contribution >= 4 is 5.91 Å². The summed E-state index contributed by atoms with van der Waals surface area (Å²) >= 11 is 0. The van der Waals surface area contributed by atoms with Crippen molar-refractivity contribution < 1.29 is 4.79 Å². The van der Waals surface area contributed by atoms with Gasteiger partial charge in [0, 0.05) is 6.54 Å². The Bertz CT molecular complexity index is 280. The van der Waals surface area contributed by atoms with Gasteiger partial charge in [0.2, 0.25) is 0 Å². The van der Waals surface area contributed by atoms with E-state index in [0.717, 1.165) is 25.1 Å². The second-order valence-electron chi connectivity index (χ2n) is 2.97. The SMILES string of the molecule is CCCCNC(=O)c1[nH]cnc1C. The van der Waals surface area contributed by atoms with E-state index >= 15 is 0 Å². The molecule has 0 unspecified atom stereocenters. The number of nitrogens with zero attached hydrogens (tertiary/aromatic N) is 1. The zero-order valence-electron chi connectivity index (χ0n) is 8.05. The zero-order valence-corrected chi connectivity index (χ0v) is 8.05. The number of nitrogens with one attached hydrogen (secondary N) is 2. The number of unbranched alkanes of at least 4 members (excludes halogenated alkanes) is 1. The summed E-state index contributed by atoms with van der Waals surface area (Å²) in [5, 5.41) is 2.82. The van der Waals surface area contributed by atoms with E-state index in [9.17, 15) is 4.79 Å². The van der Waals surface area contributed by atoms with Crippen molar-refractivity contribution in [3.63, 3.8) is 0 Å². The van der Waals surface area contributed by atoms with Gasteiger partial charge in [-0.3, -0.25) is 4.79 Å². The molecule has 0 aliphatic rings. The van der Waals surface area contributed by atoms with Gasteiger partial charge >= 0.3 is 0 Å². The third-order valence-corrected chi connectivity index (χ3v) is 1.87. The maximum atomic E-state index is 11.4. The summed E-state index contributed by atoms with van der Waals surface area (Å²) in [4.78, 5) is 18.2. The first-order chi connectivity index (χ1) is 6.25. The minimum atomic E-state index is -0.0662. The van der Waals surface area contributed by atoms with Gasteiger partial charge in [0.05, 0.1) is 12.0 Å². The van der Waals surface area contributed by atoms with Gasteiger partial charge in [-0.1, -0.05) is 13.3 Å². The highest BCUT2D eigenvalue weighted by Gasteiger charge is 2.09. The van der Waals surface area contributed by atoms with Gasteiger partial charge < -0.3 is 10.3 Å². The van der Waals surface area contributed by atoms with Gasteiger partial charge in [-0.15, -0.1) is 0 Å². The Morgan fingerprint density at radius 2 is 2.46 bits per heavy atom. The molecule has 0 atom stereocenters. The summed E-state index contributed by atoms with van der Waals surface area (Å²) in [7, 11) is 0. The smallest absolute Gasteiger partial charge is 0.269 e. The number of aryl methyl sites for hydroxylation is 1. The third kappa shape index (κ3) is 2.57. The molecule has 4 heteroatoms. The number of carbonyl (C=O) groups is 1. The fourth-order valence-corrected chi connectivity index (χ4v) is 1.06. The number of rotatable bonds is 4. The molecule has 0 fully saturated rings. The van der Waals surface area contributed by atoms with Crippen molar-refractivity contribution in [1.82, 2.24) is 15.3 Å². The van der Waals surface area contributed by atoms with E-state index in [-0.39, 0.29) is 5.91 Å². The van der Waals surface area contributed by atoms with Crippen LogP contribution in [0.15, 0.2) is 6.33 Å². The van der Waals surface area contributed by atoms with E-state index in [0.29, 0.717) is 5.69 Å². The summed E-state index contributed by atoms with van der Waals surface area (Å²) in [6, 6.07) is 0. The number of imidazole rings is 1. The fraction of sp³-hybridized carbons (Fsp3) is 0.556. The predicted molar refractivity (Wildman–Crippen MR) is 50.6 cm³/mol. The number of carbonyl (C=O) groups excluding carboxylic acids is 1. The summed E-state index contributed by atoms with van der Waals surface area (Å²) in [6.45, 7) is 4.63. The monoisotopic (exact) mass is 181 g/mol. The van der Waals surface area contributed by atoms with Crippen molar-refractivity contribution in [1.29, 1.82) is 0 Å². The highest BCUT2D eigenvalue weighted by atomic mass is 16.1. The number of hydrogen-bond acceptors (Lipinski definition) is 2. The molecule has 0 aliphatic heterocycles. The zero-order chi connectivity index (χ0) is 9.68. The number of aromatic amines is 1. The number of amides is 1. The highest BCUT2D eigenvalue weighted by Crippen LogP contribution is 1.99. The number of aromatic nitrogens is 2. The molecule has 1 aromatic heterocycles. The molecule has 1 heterocycles. The third-order valence-electron chi connectivity index (χ3n) is 1.87. The standard InChI is InChI=1S/C9H15N3O/c1-3-4-5-10-9(13)8-7(2)11-6-12-8/h6H,3-5H2,1-2H3,(H,10,13)(H,11,12). The summed E-state index contributed by atoms with van der Waals surface area (Å²) in [5.41, 5.74) is 1.31. The average molecular weight is 181 g/mol. The van der Waals surface area contributed by atoms with Crippen molar-refractivity contribution in [3.05, 3.63) is 17.7 Å². The van der Waals surface area contributed by atoms with Crippen LogP contribution in [-0.2, 0) is 0 Å². The van der Waals surface area contributed by atoms with Crippen LogP contribution in [0.2, 0.25) is 0 Å². The van der Waals surface area contributed by atoms with Crippen LogP contribution in [0.5, 0.6) is 0 Å².